The zero-order valence-corrected chi connectivity index (χ0v) is 8.49. The molecule has 3 atom stereocenters. The number of fused-ring (bicyclic) bond motifs is 1. The predicted molar refractivity (Wildman–Crippen MR) is 53.7 cm³/mol. The summed E-state index contributed by atoms with van der Waals surface area (Å²) in [7, 11) is 0. The Hall–Kier alpha value is -0.830. The first-order valence-electron chi connectivity index (χ1n) is 5.11. The number of nitrogens with two attached hydrogens (primary N) is 1. The van der Waals surface area contributed by atoms with Crippen LogP contribution in [0.15, 0.2) is 12.2 Å². The molecule has 3 N–H and O–H groups in total. The Balaban J connectivity index is 2.17. The average molecular weight is 195 g/mol. The number of hydrogen-bond acceptors (Lipinski definition) is 2. The Morgan fingerprint density at radius 2 is 2.43 bits per heavy atom. The first-order valence-corrected chi connectivity index (χ1v) is 5.11. The summed E-state index contributed by atoms with van der Waals surface area (Å²) >= 11 is 0. The second-order valence-corrected chi connectivity index (χ2v) is 5.08. The molecule has 0 aromatic heterocycles. The molecular weight excluding hydrogens is 178 g/mol. The van der Waals surface area contributed by atoms with Crippen LogP contribution in [0.25, 0.3) is 0 Å². The van der Waals surface area contributed by atoms with Crippen LogP contribution in [0.5, 0.6) is 0 Å². The lowest BCUT2D eigenvalue weighted by Crippen LogP contribution is -2.56. The van der Waals surface area contributed by atoms with Crippen molar-refractivity contribution in [1.82, 2.24) is 0 Å². The molecule has 0 bridgehead atoms. The van der Waals surface area contributed by atoms with Crippen molar-refractivity contribution < 1.29 is 9.90 Å². The van der Waals surface area contributed by atoms with Crippen molar-refractivity contribution in [2.45, 2.75) is 26.2 Å². The highest BCUT2D eigenvalue weighted by atomic mass is 16.4. The normalized spacial score (nSPS) is 44.6. The number of carboxylic acids is 1. The van der Waals surface area contributed by atoms with Crippen LogP contribution in [0.2, 0.25) is 0 Å². The van der Waals surface area contributed by atoms with Gasteiger partial charge < -0.3 is 10.8 Å². The fraction of sp³-hybridized carbons (Fsp3) is 0.727. The second-order valence-electron chi connectivity index (χ2n) is 5.08. The highest BCUT2D eigenvalue weighted by molar-refractivity contribution is 5.68. The maximum atomic E-state index is 10.8. The maximum Gasteiger partial charge on any atom is 0.303 e. The molecule has 0 aromatic rings. The lowest BCUT2D eigenvalue weighted by Gasteiger charge is -2.58. The Kier molecular flexibility index (Phi) is 1.96. The van der Waals surface area contributed by atoms with Crippen LogP contribution in [0, 0.1) is 16.7 Å². The van der Waals surface area contributed by atoms with E-state index in [0.717, 1.165) is 12.8 Å². The fourth-order valence-electron chi connectivity index (χ4n) is 3.49. The van der Waals surface area contributed by atoms with E-state index in [1.54, 1.807) is 0 Å². The molecule has 1 saturated carbocycles. The van der Waals surface area contributed by atoms with Gasteiger partial charge in [0.05, 0.1) is 6.42 Å². The zero-order valence-electron chi connectivity index (χ0n) is 8.49. The van der Waals surface area contributed by atoms with Crippen molar-refractivity contribution in [3.05, 3.63) is 12.2 Å². The Morgan fingerprint density at radius 1 is 1.71 bits per heavy atom. The minimum absolute atomic E-state index is 0.159. The molecule has 0 aromatic carbocycles. The lowest BCUT2D eigenvalue weighted by atomic mass is 9.46. The Bertz CT molecular complexity index is 300. The number of allylic oxidation sites excluding steroid dienone is 2. The van der Waals surface area contributed by atoms with E-state index in [0.29, 0.717) is 17.9 Å². The monoisotopic (exact) mass is 195 g/mol. The van der Waals surface area contributed by atoms with Gasteiger partial charge in [-0.25, -0.2) is 0 Å². The third-order valence-corrected chi connectivity index (χ3v) is 3.99. The second kappa shape index (κ2) is 2.83. The number of hydrogen-bond donors (Lipinski definition) is 2. The molecule has 3 unspecified atom stereocenters. The van der Waals surface area contributed by atoms with Gasteiger partial charge in [-0.05, 0) is 30.7 Å². The third kappa shape index (κ3) is 1.12. The van der Waals surface area contributed by atoms with E-state index in [1.165, 1.54) is 0 Å². The summed E-state index contributed by atoms with van der Waals surface area (Å²) in [5.74, 6) is -0.339. The molecule has 0 amide bonds. The van der Waals surface area contributed by atoms with Gasteiger partial charge in [0.25, 0.3) is 0 Å². The number of carboxylic acid groups (broad SMARTS) is 1. The van der Waals surface area contributed by atoms with Crippen molar-refractivity contribution in [3.63, 3.8) is 0 Å². The highest BCUT2D eigenvalue weighted by Crippen LogP contribution is 2.65. The maximum absolute atomic E-state index is 10.8. The van der Waals surface area contributed by atoms with E-state index in [-0.39, 0.29) is 11.8 Å². The molecule has 0 aliphatic heterocycles. The van der Waals surface area contributed by atoms with Gasteiger partial charge in [-0.2, -0.15) is 0 Å². The van der Waals surface area contributed by atoms with Crippen LogP contribution in [-0.4, -0.2) is 17.6 Å². The molecule has 2 aliphatic carbocycles. The van der Waals surface area contributed by atoms with Crippen molar-refractivity contribution in [3.8, 4) is 0 Å². The zero-order chi connectivity index (χ0) is 10.4. The van der Waals surface area contributed by atoms with Gasteiger partial charge in [0.2, 0.25) is 0 Å². The number of aliphatic carboxylic acids is 1. The molecule has 1 fully saturated rings. The number of rotatable bonds is 3. The minimum atomic E-state index is -0.724. The first kappa shape index (κ1) is 9.71. The molecule has 0 saturated heterocycles. The summed E-state index contributed by atoms with van der Waals surface area (Å²) < 4.78 is 0. The van der Waals surface area contributed by atoms with Crippen LogP contribution >= 0.6 is 0 Å². The van der Waals surface area contributed by atoms with Crippen LogP contribution in [0.1, 0.15) is 26.2 Å². The van der Waals surface area contributed by atoms with E-state index >= 15 is 0 Å². The fourth-order valence-corrected chi connectivity index (χ4v) is 3.49. The van der Waals surface area contributed by atoms with Crippen molar-refractivity contribution in [2.24, 2.45) is 22.5 Å². The van der Waals surface area contributed by atoms with Crippen LogP contribution in [0.4, 0.5) is 0 Å². The molecule has 3 nitrogen and oxygen atoms in total. The number of carbonyl (C=O) groups is 1. The summed E-state index contributed by atoms with van der Waals surface area (Å²) in [6.45, 7) is 2.72. The van der Waals surface area contributed by atoms with E-state index in [9.17, 15) is 4.79 Å². The van der Waals surface area contributed by atoms with E-state index in [1.807, 2.05) is 0 Å². The summed E-state index contributed by atoms with van der Waals surface area (Å²) in [6, 6.07) is 0. The van der Waals surface area contributed by atoms with E-state index < -0.39 is 5.97 Å². The smallest absolute Gasteiger partial charge is 0.303 e. The van der Waals surface area contributed by atoms with Crippen LogP contribution in [0.3, 0.4) is 0 Å². The molecule has 0 spiro atoms. The quantitative estimate of drug-likeness (QED) is 0.669. The molecule has 0 radical (unpaired) electrons. The van der Waals surface area contributed by atoms with Crippen LogP contribution < -0.4 is 5.73 Å². The summed E-state index contributed by atoms with van der Waals surface area (Å²) in [5, 5.41) is 8.87. The Labute approximate surface area is 84.0 Å². The van der Waals surface area contributed by atoms with Gasteiger partial charge in [0.1, 0.15) is 0 Å². The highest BCUT2D eigenvalue weighted by Gasteiger charge is 2.60. The molecule has 2 aliphatic rings. The summed E-state index contributed by atoms with van der Waals surface area (Å²) in [4.78, 5) is 10.8. The van der Waals surface area contributed by atoms with Gasteiger partial charge in [-0.1, -0.05) is 19.1 Å². The standard InChI is InChI=1S/C11H17NO2/c1-10-4-2-3-8(10)11(6-10,7-12)5-9(13)14/h2-3,8H,4-7,12H2,1H3,(H,13,14). The van der Waals surface area contributed by atoms with Gasteiger partial charge in [-0.15, -0.1) is 0 Å². The van der Waals surface area contributed by atoms with E-state index in [2.05, 4.69) is 19.1 Å². The average Bonchev–Trinajstić information content (AvgIpc) is 2.39. The molecule has 2 rings (SSSR count). The van der Waals surface area contributed by atoms with Gasteiger partial charge >= 0.3 is 5.97 Å². The van der Waals surface area contributed by atoms with E-state index in [4.69, 9.17) is 10.8 Å². The molecule has 3 heteroatoms. The molecular formula is C11H17NO2. The predicted octanol–water partition coefficient (Wildman–Crippen LogP) is 1.39. The lowest BCUT2D eigenvalue weighted by molar-refractivity contribution is -0.149. The summed E-state index contributed by atoms with van der Waals surface area (Å²) in [6.07, 6.45) is 6.59. The third-order valence-electron chi connectivity index (χ3n) is 3.99. The molecule has 0 heterocycles. The van der Waals surface area contributed by atoms with Crippen molar-refractivity contribution in [1.29, 1.82) is 0 Å². The Morgan fingerprint density at radius 3 is 2.93 bits per heavy atom. The molecule has 14 heavy (non-hydrogen) atoms. The largest absolute Gasteiger partial charge is 0.481 e. The first-order chi connectivity index (χ1) is 6.52. The SMILES string of the molecule is CC12CC=CC1C(CN)(CC(=O)O)C2. The van der Waals surface area contributed by atoms with Gasteiger partial charge in [0, 0.05) is 5.41 Å². The van der Waals surface area contributed by atoms with Crippen molar-refractivity contribution >= 4 is 5.97 Å². The van der Waals surface area contributed by atoms with Crippen LogP contribution in [-0.2, 0) is 4.79 Å². The summed E-state index contributed by atoms with van der Waals surface area (Å²) in [5.41, 5.74) is 5.88. The van der Waals surface area contributed by atoms with Gasteiger partial charge in [-0.3, -0.25) is 4.79 Å². The minimum Gasteiger partial charge on any atom is -0.481 e. The topological polar surface area (TPSA) is 63.3 Å². The van der Waals surface area contributed by atoms with Gasteiger partial charge in [0.15, 0.2) is 0 Å². The molecule has 78 valence electrons. The van der Waals surface area contributed by atoms with Crippen molar-refractivity contribution in [2.75, 3.05) is 6.54 Å².